The van der Waals surface area contributed by atoms with Crippen LogP contribution in [0.4, 0.5) is 0 Å². The van der Waals surface area contributed by atoms with E-state index in [1.807, 2.05) is 31.2 Å². The molecule has 102 valence electrons. The van der Waals surface area contributed by atoms with Crippen molar-refractivity contribution in [3.63, 3.8) is 0 Å². The third kappa shape index (κ3) is 4.23. The molecule has 2 rings (SSSR count). The maximum atomic E-state index is 9.23. The van der Waals surface area contributed by atoms with Crippen molar-refractivity contribution in [3.05, 3.63) is 29.8 Å². The summed E-state index contributed by atoms with van der Waals surface area (Å²) in [6, 6.07) is 10.2. The van der Waals surface area contributed by atoms with Crippen molar-refractivity contribution in [1.82, 2.24) is 5.32 Å². The first kappa shape index (κ1) is 13.9. The summed E-state index contributed by atoms with van der Waals surface area (Å²) in [5.74, 6) is 0.768. The lowest BCUT2D eigenvalue weighted by atomic mass is 10.0. The Morgan fingerprint density at radius 1 is 1.42 bits per heavy atom. The van der Waals surface area contributed by atoms with Crippen molar-refractivity contribution in [1.29, 1.82) is 5.26 Å². The zero-order chi connectivity index (χ0) is 13.7. The number of rotatable bonds is 7. The second-order valence-corrected chi connectivity index (χ2v) is 5.26. The van der Waals surface area contributed by atoms with Crippen LogP contribution in [-0.4, -0.2) is 23.3 Å². The monoisotopic (exact) mass is 260 g/mol. The van der Waals surface area contributed by atoms with Gasteiger partial charge >= 0.3 is 0 Å². The average Bonchev–Trinajstić information content (AvgIpc) is 3.23. The third-order valence-corrected chi connectivity index (χ3v) is 3.32. The molecular formula is C15H20N2O2. The molecule has 0 heterocycles. The van der Waals surface area contributed by atoms with Crippen molar-refractivity contribution < 1.29 is 9.84 Å². The number of aliphatic hydroxyl groups is 1. The van der Waals surface area contributed by atoms with Crippen LogP contribution in [0.3, 0.4) is 0 Å². The highest BCUT2D eigenvalue weighted by atomic mass is 16.5. The van der Waals surface area contributed by atoms with Crippen LogP contribution in [0.5, 0.6) is 5.75 Å². The number of nitrogens with one attached hydrogen (secondary N) is 1. The Labute approximate surface area is 114 Å². The van der Waals surface area contributed by atoms with E-state index >= 15 is 0 Å². The first-order chi connectivity index (χ1) is 9.15. The summed E-state index contributed by atoms with van der Waals surface area (Å²) in [6.07, 6.45) is 2.99. The molecule has 4 heteroatoms. The van der Waals surface area contributed by atoms with Crippen LogP contribution in [0.2, 0.25) is 0 Å². The average molecular weight is 260 g/mol. The Kier molecular flexibility index (Phi) is 4.41. The fourth-order valence-corrected chi connectivity index (χ4v) is 1.90. The minimum atomic E-state index is -0.508. The second-order valence-electron chi connectivity index (χ2n) is 5.26. The molecule has 0 amide bonds. The topological polar surface area (TPSA) is 65.3 Å². The highest BCUT2D eigenvalue weighted by Crippen LogP contribution is 2.24. The first-order valence-electron chi connectivity index (χ1n) is 6.67. The molecule has 0 aromatic heterocycles. The Morgan fingerprint density at radius 2 is 2.11 bits per heavy atom. The van der Waals surface area contributed by atoms with Crippen molar-refractivity contribution in [3.8, 4) is 11.8 Å². The molecule has 0 spiro atoms. The Morgan fingerprint density at radius 3 is 2.63 bits per heavy atom. The largest absolute Gasteiger partial charge is 0.493 e. The van der Waals surface area contributed by atoms with Crippen molar-refractivity contribution in [2.45, 2.75) is 44.4 Å². The van der Waals surface area contributed by atoms with Gasteiger partial charge in [-0.1, -0.05) is 12.1 Å². The zero-order valence-electron chi connectivity index (χ0n) is 11.2. The Bertz CT molecular complexity index is 448. The Balaban J connectivity index is 1.79. The molecule has 1 unspecified atom stereocenters. The summed E-state index contributed by atoms with van der Waals surface area (Å²) in [4.78, 5) is 0. The Hall–Kier alpha value is -1.57. The molecule has 0 aliphatic heterocycles. The van der Waals surface area contributed by atoms with Crippen LogP contribution in [-0.2, 0) is 6.61 Å². The van der Waals surface area contributed by atoms with Gasteiger partial charge in [0, 0.05) is 12.5 Å². The summed E-state index contributed by atoms with van der Waals surface area (Å²) < 4.78 is 5.63. The predicted molar refractivity (Wildman–Crippen MR) is 72.7 cm³/mol. The summed E-state index contributed by atoms with van der Waals surface area (Å²) in [7, 11) is 0. The van der Waals surface area contributed by atoms with Crippen LogP contribution in [0.25, 0.3) is 0 Å². The van der Waals surface area contributed by atoms with Crippen LogP contribution in [0.15, 0.2) is 24.3 Å². The van der Waals surface area contributed by atoms with Gasteiger partial charge in [0.05, 0.1) is 19.3 Å². The van der Waals surface area contributed by atoms with Gasteiger partial charge in [-0.3, -0.25) is 5.32 Å². The fraction of sp³-hybridized carbons (Fsp3) is 0.533. The van der Waals surface area contributed by atoms with Gasteiger partial charge in [0.15, 0.2) is 0 Å². The molecule has 1 saturated carbocycles. The van der Waals surface area contributed by atoms with Gasteiger partial charge in [-0.25, -0.2) is 0 Å². The van der Waals surface area contributed by atoms with E-state index in [-0.39, 0.29) is 6.61 Å². The maximum Gasteiger partial charge on any atom is 0.119 e. The van der Waals surface area contributed by atoms with Gasteiger partial charge in [0.25, 0.3) is 0 Å². The number of nitrogens with zero attached hydrogens (tertiary/aromatic N) is 1. The quantitative estimate of drug-likeness (QED) is 0.787. The fourth-order valence-electron chi connectivity index (χ4n) is 1.90. The minimum Gasteiger partial charge on any atom is -0.493 e. The van der Waals surface area contributed by atoms with E-state index in [0.29, 0.717) is 19.1 Å². The molecule has 0 radical (unpaired) electrons. The van der Waals surface area contributed by atoms with Gasteiger partial charge in [-0.05, 0) is 37.5 Å². The van der Waals surface area contributed by atoms with Gasteiger partial charge < -0.3 is 9.84 Å². The van der Waals surface area contributed by atoms with Crippen LogP contribution < -0.4 is 10.1 Å². The van der Waals surface area contributed by atoms with Gasteiger partial charge in [-0.15, -0.1) is 0 Å². The van der Waals surface area contributed by atoms with Crippen LogP contribution in [0, 0.1) is 11.3 Å². The summed E-state index contributed by atoms with van der Waals surface area (Å²) in [6.45, 7) is 2.46. The highest BCUT2D eigenvalue weighted by molar-refractivity contribution is 5.26. The lowest BCUT2D eigenvalue weighted by Crippen LogP contribution is -2.43. The molecule has 2 N–H and O–H groups in total. The molecule has 4 nitrogen and oxygen atoms in total. The molecule has 1 aliphatic carbocycles. The molecular weight excluding hydrogens is 240 g/mol. The van der Waals surface area contributed by atoms with Crippen LogP contribution >= 0.6 is 0 Å². The van der Waals surface area contributed by atoms with Crippen molar-refractivity contribution in [2.75, 3.05) is 6.61 Å². The second kappa shape index (κ2) is 6.05. The maximum absolute atomic E-state index is 9.23. The standard InChI is InChI=1S/C15H20N2O2/c1-15(11-16,17-13-4-5-13)8-9-19-14-6-2-12(10-18)3-7-14/h2-3,6-7,13,17-18H,4-5,8-10H2,1H3. The van der Waals surface area contributed by atoms with Gasteiger partial charge in [-0.2, -0.15) is 5.26 Å². The molecule has 1 aliphatic rings. The number of ether oxygens (including phenoxy) is 1. The number of hydrogen-bond donors (Lipinski definition) is 2. The highest BCUT2D eigenvalue weighted by Gasteiger charge is 2.32. The molecule has 1 aromatic carbocycles. The van der Waals surface area contributed by atoms with E-state index in [4.69, 9.17) is 9.84 Å². The summed E-state index contributed by atoms with van der Waals surface area (Å²) in [5.41, 5.74) is 0.358. The third-order valence-electron chi connectivity index (χ3n) is 3.32. The van der Waals surface area contributed by atoms with E-state index in [1.165, 1.54) is 12.8 Å². The van der Waals surface area contributed by atoms with Crippen molar-refractivity contribution >= 4 is 0 Å². The van der Waals surface area contributed by atoms with Gasteiger partial charge in [0.2, 0.25) is 0 Å². The SMILES string of the molecule is CC(C#N)(CCOc1ccc(CO)cc1)NC1CC1. The molecule has 0 saturated heterocycles. The van der Waals surface area contributed by atoms with E-state index in [2.05, 4.69) is 11.4 Å². The number of nitriles is 1. The molecule has 0 bridgehead atoms. The van der Waals surface area contributed by atoms with Crippen molar-refractivity contribution in [2.24, 2.45) is 0 Å². The predicted octanol–water partition coefficient (Wildman–Crippen LogP) is 1.98. The van der Waals surface area contributed by atoms with E-state index in [0.717, 1.165) is 11.3 Å². The van der Waals surface area contributed by atoms with E-state index < -0.39 is 5.54 Å². The number of aliphatic hydroxyl groups excluding tert-OH is 1. The van der Waals surface area contributed by atoms with Gasteiger partial charge in [0.1, 0.15) is 11.3 Å². The normalized spacial score (nSPS) is 17.5. The number of hydrogen-bond acceptors (Lipinski definition) is 4. The lowest BCUT2D eigenvalue weighted by molar-refractivity contribution is 0.265. The summed E-state index contributed by atoms with van der Waals surface area (Å²) in [5, 5.41) is 21.5. The van der Waals surface area contributed by atoms with E-state index in [1.54, 1.807) is 0 Å². The molecule has 1 fully saturated rings. The molecule has 19 heavy (non-hydrogen) atoms. The molecule has 1 aromatic rings. The zero-order valence-corrected chi connectivity index (χ0v) is 11.2. The summed E-state index contributed by atoms with van der Waals surface area (Å²) >= 11 is 0. The van der Waals surface area contributed by atoms with Crippen LogP contribution in [0.1, 0.15) is 31.7 Å². The van der Waals surface area contributed by atoms with E-state index in [9.17, 15) is 5.26 Å². The lowest BCUT2D eigenvalue weighted by Gasteiger charge is -2.23. The minimum absolute atomic E-state index is 0.0398. The number of benzene rings is 1. The first-order valence-corrected chi connectivity index (χ1v) is 6.67. The molecule has 1 atom stereocenters. The smallest absolute Gasteiger partial charge is 0.119 e.